The van der Waals surface area contributed by atoms with Crippen LogP contribution in [-0.4, -0.2) is 25.1 Å². The van der Waals surface area contributed by atoms with E-state index in [1.165, 1.54) is 0 Å². The summed E-state index contributed by atoms with van der Waals surface area (Å²) in [6, 6.07) is 5.27. The maximum Gasteiger partial charge on any atom is 0.241 e. The van der Waals surface area contributed by atoms with Gasteiger partial charge in [-0.1, -0.05) is 31.0 Å². The summed E-state index contributed by atoms with van der Waals surface area (Å²) in [5, 5.41) is 6.67. The van der Waals surface area contributed by atoms with E-state index >= 15 is 0 Å². The van der Waals surface area contributed by atoms with E-state index in [0.717, 1.165) is 32.2 Å². The van der Waals surface area contributed by atoms with Gasteiger partial charge in [0.05, 0.1) is 23.4 Å². The molecule has 0 unspecified atom stereocenters. The summed E-state index contributed by atoms with van der Waals surface area (Å²) in [6.45, 7) is 3.50. The molecule has 0 radical (unpaired) electrons. The van der Waals surface area contributed by atoms with Gasteiger partial charge in [-0.2, -0.15) is 0 Å². The Morgan fingerprint density at radius 3 is 3.05 bits per heavy atom. The molecule has 1 heterocycles. The lowest BCUT2D eigenvalue weighted by molar-refractivity contribution is -0.118. The minimum Gasteiger partial charge on any atom is -0.490 e. The molecule has 0 bridgehead atoms. The number of piperidine rings is 1. The fraction of sp³-hybridized carbons (Fsp3) is 0.533. The Bertz CT molecular complexity index is 459. The quantitative estimate of drug-likeness (QED) is 0.877. The molecule has 1 atom stereocenters. The summed E-state index contributed by atoms with van der Waals surface area (Å²) in [6.07, 6.45) is 3.98. The lowest BCUT2D eigenvalue weighted by Crippen LogP contribution is -2.43. The van der Waals surface area contributed by atoms with Crippen molar-refractivity contribution in [2.45, 2.75) is 38.6 Å². The highest BCUT2D eigenvalue weighted by Crippen LogP contribution is 2.33. The Kier molecular flexibility index (Phi) is 5.68. The molecule has 1 amide bonds. The van der Waals surface area contributed by atoms with E-state index in [9.17, 15) is 4.79 Å². The molecule has 1 saturated heterocycles. The number of carbonyl (C=O) groups excluding carboxylic acids is 1. The standard InChI is InChI=1S/C15H21ClN2O2/c1-2-10-20-14-11(16)6-5-8-12(14)18-15(19)13-7-3-4-9-17-13/h5-6,8,13,17H,2-4,7,9-10H2,1H3,(H,18,19)/t13-/m0/s1. The molecule has 0 spiro atoms. The van der Waals surface area contributed by atoms with Crippen molar-refractivity contribution in [3.05, 3.63) is 23.2 Å². The average Bonchev–Trinajstić information content (AvgIpc) is 2.47. The zero-order valence-electron chi connectivity index (χ0n) is 11.7. The van der Waals surface area contributed by atoms with Crippen LogP contribution in [0.3, 0.4) is 0 Å². The summed E-state index contributed by atoms with van der Waals surface area (Å²) in [5.74, 6) is 0.536. The minimum absolute atomic E-state index is 0.0201. The lowest BCUT2D eigenvalue weighted by atomic mass is 10.0. The number of ether oxygens (including phenoxy) is 1. The van der Waals surface area contributed by atoms with Crippen LogP contribution in [0.4, 0.5) is 5.69 Å². The van der Waals surface area contributed by atoms with Gasteiger partial charge in [-0.15, -0.1) is 0 Å². The number of halogens is 1. The highest BCUT2D eigenvalue weighted by molar-refractivity contribution is 6.32. The first-order chi connectivity index (χ1) is 9.72. The first-order valence-electron chi connectivity index (χ1n) is 7.18. The van der Waals surface area contributed by atoms with Crippen LogP contribution in [0.15, 0.2) is 18.2 Å². The Balaban J connectivity index is 2.07. The molecule has 2 rings (SSSR count). The van der Waals surface area contributed by atoms with E-state index in [0.29, 0.717) is 23.1 Å². The number of para-hydroxylation sites is 1. The Morgan fingerprint density at radius 1 is 1.50 bits per heavy atom. The maximum absolute atomic E-state index is 12.2. The summed E-state index contributed by atoms with van der Waals surface area (Å²) < 4.78 is 5.64. The molecule has 0 aliphatic carbocycles. The SMILES string of the molecule is CCCOc1c(Cl)cccc1NC(=O)[C@@H]1CCCCN1. The number of anilines is 1. The highest BCUT2D eigenvalue weighted by Gasteiger charge is 2.21. The molecular formula is C15H21ClN2O2. The van der Waals surface area contributed by atoms with Crippen molar-refractivity contribution in [1.29, 1.82) is 0 Å². The number of rotatable bonds is 5. The van der Waals surface area contributed by atoms with Gasteiger partial charge in [-0.3, -0.25) is 4.79 Å². The molecule has 5 heteroatoms. The van der Waals surface area contributed by atoms with Gasteiger partial charge in [0.2, 0.25) is 5.91 Å². The molecule has 1 aliphatic rings. The van der Waals surface area contributed by atoms with Gasteiger partial charge in [0.1, 0.15) is 0 Å². The van der Waals surface area contributed by atoms with Crippen LogP contribution in [0.25, 0.3) is 0 Å². The molecule has 2 N–H and O–H groups in total. The van der Waals surface area contributed by atoms with Gasteiger partial charge >= 0.3 is 0 Å². The topological polar surface area (TPSA) is 50.4 Å². The first-order valence-corrected chi connectivity index (χ1v) is 7.55. The summed E-state index contributed by atoms with van der Waals surface area (Å²) in [4.78, 5) is 12.2. The van der Waals surface area contributed by atoms with Crippen molar-refractivity contribution < 1.29 is 9.53 Å². The van der Waals surface area contributed by atoms with E-state index < -0.39 is 0 Å². The molecule has 0 saturated carbocycles. The third kappa shape index (κ3) is 3.87. The molecule has 20 heavy (non-hydrogen) atoms. The lowest BCUT2D eigenvalue weighted by Gasteiger charge is -2.23. The molecule has 1 aromatic rings. The zero-order valence-corrected chi connectivity index (χ0v) is 12.5. The summed E-state index contributed by atoms with van der Waals surface area (Å²) >= 11 is 6.14. The van der Waals surface area contributed by atoms with Crippen LogP contribution in [0.2, 0.25) is 5.02 Å². The first kappa shape index (κ1) is 15.1. The number of benzene rings is 1. The number of nitrogens with one attached hydrogen (secondary N) is 2. The largest absolute Gasteiger partial charge is 0.490 e. The molecule has 0 aromatic heterocycles. The van der Waals surface area contributed by atoms with E-state index in [4.69, 9.17) is 16.3 Å². The van der Waals surface area contributed by atoms with Gasteiger partial charge in [0.25, 0.3) is 0 Å². The van der Waals surface area contributed by atoms with Crippen LogP contribution in [-0.2, 0) is 4.79 Å². The second-order valence-electron chi connectivity index (χ2n) is 4.96. The second kappa shape index (κ2) is 7.50. The van der Waals surface area contributed by atoms with Crippen LogP contribution >= 0.6 is 11.6 Å². The molecular weight excluding hydrogens is 276 g/mol. The third-order valence-electron chi connectivity index (χ3n) is 3.30. The van der Waals surface area contributed by atoms with Crippen molar-refractivity contribution in [3.8, 4) is 5.75 Å². The van der Waals surface area contributed by atoms with Gasteiger partial charge in [0, 0.05) is 0 Å². The van der Waals surface area contributed by atoms with E-state index in [-0.39, 0.29) is 11.9 Å². The summed E-state index contributed by atoms with van der Waals surface area (Å²) in [7, 11) is 0. The third-order valence-corrected chi connectivity index (χ3v) is 3.60. The van der Waals surface area contributed by atoms with Crippen molar-refractivity contribution >= 4 is 23.2 Å². The van der Waals surface area contributed by atoms with Gasteiger partial charge in [-0.25, -0.2) is 0 Å². The predicted molar refractivity (Wildman–Crippen MR) is 81.5 cm³/mol. The van der Waals surface area contributed by atoms with Crippen molar-refractivity contribution in [2.75, 3.05) is 18.5 Å². The van der Waals surface area contributed by atoms with Crippen molar-refractivity contribution in [3.63, 3.8) is 0 Å². The fourth-order valence-electron chi connectivity index (χ4n) is 2.25. The van der Waals surface area contributed by atoms with E-state index in [2.05, 4.69) is 10.6 Å². The normalized spacial score (nSPS) is 18.6. The van der Waals surface area contributed by atoms with Crippen LogP contribution in [0, 0.1) is 0 Å². The fourth-order valence-corrected chi connectivity index (χ4v) is 2.48. The zero-order chi connectivity index (χ0) is 14.4. The Labute approximate surface area is 124 Å². The van der Waals surface area contributed by atoms with Gasteiger partial charge in [0.15, 0.2) is 5.75 Å². The molecule has 1 aromatic carbocycles. The predicted octanol–water partition coefficient (Wildman–Crippen LogP) is 3.21. The number of hydrogen-bond acceptors (Lipinski definition) is 3. The summed E-state index contributed by atoms with van der Waals surface area (Å²) in [5.41, 5.74) is 0.642. The minimum atomic E-state index is -0.123. The number of hydrogen-bond donors (Lipinski definition) is 2. The molecule has 1 fully saturated rings. The number of amides is 1. The van der Waals surface area contributed by atoms with Crippen molar-refractivity contribution in [2.24, 2.45) is 0 Å². The van der Waals surface area contributed by atoms with Crippen LogP contribution in [0.5, 0.6) is 5.75 Å². The second-order valence-corrected chi connectivity index (χ2v) is 5.36. The van der Waals surface area contributed by atoms with Crippen LogP contribution in [0.1, 0.15) is 32.6 Å². The number of carbonyl (C=O) groups is 1. The van der Waals surface area contributed by atoms with E-state index in [1.807, 2.05) is 19.1 Å². The monoisotopic (exact) mass is 296 g/mol. The van der Waals surface area contributed by atoms with E-state index in [1.54, 1.807) is 6.07 Å². The van der Waals surface area contributed by atoms with Gasteiger partial charge < -0.3 is 15.4 Å². The molecule has 4 nitrogen and oxygen atoms in total. The molecule has 110 valence electrons. The van der Waals surface area contributed by atoms with Crippen molar-refractivity contribution in [1.82, 2.24) is 5.32 Å². The van der Waals surface area contributed by atoms with Crippen LogP contribution < -0.4 is 15.4 Å². The Hall–Kier alpha value is -1.26. The highest BCUT2D eigenvalue weighted by atomic mass is 35.5. The maximum atomic E-state index is 12.2. The van der Waals surface area contributed by atoms with Gasteiger partial charge in [-0.05, 0) is 37.9 Å². The smallest absolute Gasteiger partial charge is 0.241 e. The molecule has 1 aliphatic heterocycles. The average molecular weight is 297 g/mol. The Morgan fingerprint density at radius 2 is 2.35 bits per heavy atom.